The molecule has 0 aliphatic heterocycles. The van der Waals surface area contributed by atoms with Crippen molar-refractivity contribution in [3.63, 3.8) is 0 Å². The van der Waals surface area contributed by atoms with Gasteiger partial charge in [0.05, 0.1) is 5.03 Å². The smallest absolute Gasteiger partial charge is 0.213 e. The van der Waals surface area contributed by atoms with Crippen LogP contribution in [0.5, 0.6) is 5.75 Å². The van der Waals surface area contributed by atoms with Gasteiger partial charge in [-0.3, -0.25) is 0 Å². The zero-order chi connectivity index (χ0) is 32.5. The van der Waals surface area contributed by atoms with E-state index in [9.17, 15) is 0 Å². The quantitative estimate of drug-likeness (QED) is 0.107. The predicted molar refractivity (Wildman–Crippen MR) is 200 cm³/mol. The van der Waals surface area contributed by atoms with E-state index in [0.29, 0.717) is 18.2 Å². The summed E-state index contributed by atoms with van der Waals surface area (Å²) in [4.78, 5) is 0. The molecule has 0 amide bonds. The summed E-state index contributed by atoms with van der Waals surface area (Å²) in [5.41, 5.74) is 11.0. The molecule has 6 aromatic carbocycles. The lowest BCUT2D eigenvalue weighted by Crippen LogP contribution is -2.41. The fourth-order valence-corrected chi connectivity index (χ4v) is 6.43. The van der Waals surface area contributed by atoms with Crippen LogP contribution in [-0.4, -0.2) is 6.61 Å². The third-order valence-corrected chi connectivity index (χ3v) is 8.86. The van der Waals surface area contributed by atoms with Crippen molar-refractivity contribution in [2.45, 2.75) is 6.54 Å². The van der Waals surface area contributed by atoms with Gasteiger partial charge in [-0.05, 0) is 64.2 Å². The first-order valence-electron chi connectivity index (χ1n) is 16.2. The van der Waals surface area contributed by atoms with Crippen LogP contribution in [0.1, 0.15) is 16.7 Å². The van der Waals surface area contributed by atoms with Crippen molar-refractivity contribution in [1.29, 1.82) is 0 Å². The largest absolute Gasteiger partial charge is 0.487 e. The Labute approximate surface area is 287 Å². The Kier molecular flexibility index (Phi) is 9.54. The molecule has 232 valence electrons. The van der Waals surface area contributed by atoms with Gasteiger partial charge in [0.1, 0.15) is 12.4 Å². The lowest BCUT2D eigenvalue weighted by atomic mass is 9.95. The van der Waals surface area contributed by atoms with Crippen LogP contribution >= 0.6 is 11.6 Å². The molecule has 0 aliphatic rings. The van der Waals surface area contributed by atoms with Crippen molar-refractivity contribution in [1.82, 2.24) is 0 Å². The molecule has 48 heavy (non-hydrogen) atoms. The molecule has 0 atom stereocenters. The second-order valence-corrected chi connectivity index (χ2v) is 11.9. The molecule has 0 N–H and O–H groups in total. The molecule has 7 rings (SSSR count). The number of pyridine rings is 1. The lowest BCUT2D eigenvalue weighted by Gasteiger charge is -2.14. The molecule has 0 fully saturated rings. The number of ether oxygens (including phenoxy) is 1. The number of rotatable bonds is 10. The molecule has 0 spiro atoms. The number of halogens is 1. The Morgan fingerprint density at radius 3 is 1.35 bits per heavy atom. The van der Waals surface area contributed by atoms with Crippen molar-refractivity contribution in [2.75, 3.05) is 6.61 Å². The van der Waals surface area contributed by atoms with Crippen molar-refractivity contribution in [3.8, 4) is 39.4 Å². The number of benzene rings is 6. The minimum Gasteiger partial charge on any atom is -0.487 e. The third-order valence-electron chi connectivity index (χ3n) is 8.45. The zero-order valence-electron chi connectivity index (χ0n) is 26.5. The number of aromatic nitrogens is 1. The van der Waals surface area contributed by atoms with Crippen LogP contribution in [0.25, 0.3) is 44.2 Å². The van der Waals surface area contributed by atoms with Crippen LogP contribution in [0.3, 0.4) is 0 Å². The molecule has 0 radical (unpaired) electrons. The van der Waals surface area contributed by atoms with Gasteiger partial charge in [0.2, 0.25) is 11.4 Å². The average molecular weight is 641 g/mol. The van der Waals surface area contributed by atoms with Gasteiger partial charge in [0, 0.05) is 28.8 Å². The van der Waals surface area contributed by atoms with E-state index in [1.165, 1.54) is 11.1 Å². The fraction of sp³-hybridized carbons (Fsp3) is 0.0444. The summed E-state index contributed by atoms with van der Waals surface area (Å²) in [5.74, 6) is 0.811. The van der Waals surface area contributed by atoms with Crippen molar-refractivity contribution in [2.24, 2.45) is 0 Å². The molecular formula is C45H35ClNO+. The summed E-state index contributed by atoms with van der Waals surface area (Å²) in [6, 6.07) is 65.0. The molecule has 7 aromatic rings. The Morgan fingerprint density at radius 2 is 0.854 bits per heavy atom. The van der Waals surface area contributed by atoms with Crippen molar-refractivity contribution in [3.05, 3.63) is 205 Å². The molecule has 0 saturated carbocycles. The maximum absolute atomic E-state index is 7.06. The maximum Gasteiger partial charge on any atom is 0.213 e. The molecular weight excluding hydrogens is 606 g/mol. The van der Waals surface area contributed by atoms with Gasteiger partial charge in [-0.1, -0.05) is 151 Å². The Morgan fingerprint density at radius 1 is 0.438 bits per heavy atom. The molecule has 1 heterocycles. The summed E-state index contributed by atoms with van der Waals surface area (Å²) in [6.45, 7) is 1.17. The van der Waals surface area contributed by atoms with E-state index in [4.69, 9.17) is 16.3 Å². The normalized spacial score (nSPS) is 11.5. The van der Waals surface area contributed by atoms with Crippen LogP contribution < -0.4 is 9.30 Å². The first-order chi connectivity index (χ1) is 23.7. The van der Waals surface area contributed by atoms with Gasteiger partial charge in [-0.25, -0.2) is 0 Å². The van der Waals surface area contributed by atoms with E-state index in [-0.39, 0.29) is 0 Å². The summed E-state index contributed by atoms with van der Waals surface area (Å²) in [6.07, 6.45) is 0. The summed E-state index contributed by atoms with van der Waals surface area (Å²) >= 11 is 7.06. The maximum atomic E-state index is 7.06. The van der Waals surface area contributed by atoms with Gasteiger partial charge in [0.25, 0.3) is 0 Å². The van der Waals surface area contributed by atoms with Gasteiger partial charge < -0.3 is 4.74 Å². The third kappa shape index (κ3) is 7.00. The summed E-state index contributed by atoms with van der Waals surface area (Å²) in [7, 11) is 0. The fourth-order valence-electron chi connectivity index (χ4n) is 6.08. The minimum atomic E-state index is 0.501. The average Bonchev–Trinajstić information content (AvgIpc) is 3.17. The Bertz CT molecular complexity index is 2050. The topological polar surface area (TPSA) is 13.1 Å². The van der Waals surface area contributed by atoms with E-state index < -0.39 is 0 Å². The molecule has 0 aliphatic carbocycles. The van der Waals surface area contributed by atoms with Gasteiger partial charge in [0.15, 0.2) is 6.54 Å². The van der Waals surface area contributed by atoms with Gasteiger partial charge >= 0.3 is 0 Å². The van der Waals surface area contributed by atoms with Crippen LogP contribution in [-0.2, 0) is 6.54 Å². The van der Waals surface area contributed by atoms with E-state index in [1.54, 1.807) is 0 Å². The Balaban J connectivity index is 1.21. The molecule has 0 unspecified atom stereocenters. The van der Waals surface area contributed by atoms with Crippen LogP contribution in [0.2, 0.25) is 0 Å². The number of nitrogens with zero attached hydrogens (tertiary/aromatic N) is 1. The summed E-state index contributed by atoms with van der Waals surface area (Å²) in [5, 5.41) is 0.715. The predicted octanol–water partition coefficient (Wildman–Crippen LogP) is 11.2. The van der Waals surface area contributed by atoms with Gasteiger partial charge in [-0.15, -0.1) is 0 Å². The molecule has 2 nitrogen and oxygen atoms in total. The monoisotopic (exact) mass is 640 g/mol. The number of hydrogen-bond acceptors (Lipinski definition) is 1. The van der Waals surface area contributed by atoms with Crippen molar-refractivity contribution < 1.29 is 9.30 Å². The lowest BCUT2D eigenvalue weighted by molar-refractivity contribution is -0.676. The van der Waals surface area contributed by atoms with Gasteiger partial charge in [-0.2, -0.15) is 4.57 Å². The second-order valence-electron chi connectivity index (χ2n) is 11.6. The molecule has 0 saturated heterocycles. The minimum absolute atomic E-state index is 0.501. The first kappa shape index (κ1) is 30.9. The summed E-state index contributed by atoms with van der Waals surface area (Å²) < 4.78 is 8.80. The first-order valence-corrected chi connectivity index (χ1v) is 16.6. The highest BCUT2D eigenvalue weighted by molar-refractivity contribution is 6.53. The van der Waals surface area contributed by atoms with E-state index in [0.717, 1.165) is 50.5 Å². The van der Waals surface area contributed by atoms with Crippen LogP contribution in [0.4, 0.5) is 0 Å². The van der Waals surface area contributed by atoms with E-state index in [1.807, 2.05) is 60.7 Å². The van der Waals surface area contributed by atoms with Crippen LogP contribution in [0.15, 0.2) is 188 Å². The highest BCUT2D eigenvalue weighted by atomic mass is 35.5. The number of hydrogen-bond donors (Lipinski definition) is 0. The van der Waals surface area contributed by atoms with Crippen molar-refractivity contribution >= 4 is 22.2 Å². The molecule has 0 bridgehead atoms. The van der Waals surface area contributed by atoms with E-state index in [2.05, 4.69) is 132 Å². The van der Waals surface area contributed by atoms with E-state index >= 15 is 0 Å². The standard InChI is InChI=1S/C45H35ClNO/c46-45(39-24-14-5-15-25-39)44(37-22-12-4-13-23-37)38-26-28-41(29-27-38)48-31-30-47-42(35-18-8-2-9-19-35)32-40(34-16-6-1-7-17-34)33-43(47)36-20-10-3-11-21-36/h1-29,32-33H,30-31H2/q+1/b45-44-. The highest BCUT2D eigenvalue weighted by Crippen LogP contribution is 2.35. The van der Waals surface area contributed by atoms with Crippen LogP contribution in [0, 0.1) is 0 Å². The highest BCUT2D eigenvalue weighted by Gasteiger charge is 2.23. The zero-order valence-corrected chi connectivity index (χ0v) is 27.3. The molecule has 1 aromatic heterocycles. The second kappa shape index (κ2) is 14.8. The SMILES string of the molecule is Cl/C(=C(/c1ccccc1)c1ccc(OCC[n+]2c(-c3ccccc3)cc(-c3ccccc3)cc2-c2ccccc2)cc1)c1ccccc1. The molecule has 3 heteroatoms. The Hall–Kier alpha value is -5.70.